The van der Waals surface area contributed by atoms with Crippen LogP contribution in [0.2, 0.25) is 0 Å². The third-order valence-corrected chi connectivity index (χ3v) is 4.37. The molecule has 0 bridgehead atoms. The Morgan fingerprint density at radius 2 is 1.83 bits per heavy atom. The fraction of sp³-hybridized carbons (Fsp3) is 0.353. The van der Waals surface area contributed by atoms with E-state index in [0.717, 1.165) is 24.9 Å². The molecule has 0 aliphatic heterocycles. The molecule has 0 radical (unpaired) electrons. The minimum Gasteiger partial charge on any atom is -0.480 e. The van der Waals surface area contributed by atoms with Crippen LogP contribution in [0.3, 0.4) is 0 Å². The van der Waals surface area contributed by atoms with Crippen molar-refractivity contribution in [3.05, 3.63) is 48.3 Å². The number of nitrogens with one attached hydrogen (secondary N) is 1. The number of carboxylic acid groups (broad SMARTS) is 1. The SMILES string of the molecule is O=C(NC1(C(=O)O)CCCCC1)c1ccc(-n2cccn2)cc1. The first-order valence-corrected chi connectivity index (χ1v) is 7.77. The maximum absolute atomic E-state index is 12.4. The topological polar surface area (TPSA) is 84.2 Å². The highest BCUT2D eigenvalue weighted by Gasteiger charge is 2.41. The Morgan fingerprint density at radius 1 is 1.13 bits per heavy atom. The van der Waals surface area contributed by atoms with Gasteiger partial charge in [-0.15, -0.1) is 0 Å². The number of carbonyl (C=O) groups excluding carboxylic acids is 1. The van der Waals surface area contributed by atoms with Gasteiger partial charge in [-0.25, -0.2) is 9.48 Å². The molecule has 3 rings (SSSR count). The van der Waals surface area contributed by atoms with Gasteiger partial charge >= 0.3 is 5.97 Å². The molecule has 23 heavy (non-hydrogen) atoms. The van der Waals surface area contributed by atoms with E-state index in [1.54, 1.807) is 35.1 Å². The van der Waals surface area contributed by atoms with Gasteiger partial charge in [0.2, 0.25) is 0 Å². The third-order valence-electron chi connectivity index (χ3n) is 4.37. The molecule has 6 nitrogen and oxygen atoms in total. The number of benzene rings is 1. The molecule has 1 fully saturated rings. The predicted octanol–water partition coefficient (Wildman–Crippen LogP) is 2.39. The highest BCUT2D eigenvalue weighted by molar-refractivity contribution is 5.98. The summed E-state index contributed by atoms with van der Waals surface area (Å²) in [6.07, 6.45) is 7.13. The molecule has 6 heteroatoms. The molecule has 1 amide bonds. The number of nitrogens with zero attached hydrogens (tertiary/aromatic N) is 2. The van der Waals surface area contributed by atoms with E-state index in [9.17, 15) is 14.7 Å². The second-order valence-corrected chi connectivity index (χ2v) is 5.90. The summed E-state index contributed by atoms with van der Waals surface area (Å²) in [7, 11) is 0. The van der Waals surface area contributed by atoms with Crippen LogP contribution in [-0.2, 0) is 4.79 Å². The van der Waals surface area contributed by atoms with E-state index in [4.69, 9.17) is 0 Å². The van der Waals surface area contributed by atoms with E-state index in [-0.39, 0.29) is 5.91 Å². The lowest BCUT2D eigenvalue weighted by Crippen LogP contribution is -2.55. The molecule has 2 N–H and O–H groups in total. The second-order valence-electron chi connectivity index (χ2n) is 5.90. The van der Waals surface area contributed by atoms with Gasteiger partial charge < -0.3 is 10.4 Å². The fourth-order valence-corrected chi connectivity index (χ4v) is 3.02. The summed E-state index contributed by atoms with van der Waals surface area (Å²) in [4.78, 5) is 24.0. The van der Waals surface area contributed by atoms with Crippen LogP contribution in [0.4, 0.5) is 0 Å². The lowest BCUT2D eigenvalue weighted by atomic mass is 9.81. The van der Waals surface area contributed by atoms with Crippen molar-refractivity contribution in [2.45, 2.75) is 37.6 Å². The first-order valence-electron chi connectivity index (χ1n) is 7.77. The van der Waals surface area contributed by atoms with Crippen LogP contribution in [-0.4, -0.2) is 32.3 Å². The Morgan fingerprint density at radius 3 is 2.39 bits per heavy atom. The Kier molecular flexibility index (Phi) is 4.14. The van der Waals surface area contributed by atoms with Crippen molar-refractivity contribution in [3.63, 3.8) is 0 Å². The van der Waals surface area contributed by atoms with Crippen molar-refractivity contribution in [3.8, 4) is 5.69 Å². The second kappa shape index (κ2) is 6.24. The normalized spacial score (nSPS) is 16.7. The number of carboxylic acids is 1. The van der Waals surface area contributed by atoms with Gasteiger partial charge in [0, 0.05) is 18.0 Å². The van der Waals surface area contributed by atoms with Gasteiger partial charge in [-0.1, -0.05) is 19.3 Å². The maximum Gasteiger partial charge on any atom is 0.329 e. The van der Waals surface area contributed by atoms with E-state index >= 15 is 0 Å². The zero-order chi connectivity index (χ0) is 16.3. The predicted molar refractivity (Wildman–Crippen MR) is 84.5 cm³/mol. The molecule has 1 saturated carbocycles. The van der Waals surface area contributed by atoms with Crippen molar-refractivity contribution in [1.82, 2.24) is 15.1 Å². The smallest absolute Gasteiger partial charge is 0.329 e. The summed E-state index contributed by atoms with van der Waals surface area (Å²) in [5.41, 5.74) is 0.167. The van der Waals surface area contributed by atoms with Crippen LogP contribution in [0.25, 0.3) is 5.69 Å². The minimum absolute atomic E-state index is 0.346. The van der Waals surface area contributed by atoms with Crippen LogP contribution in [0.5, 0.6) is 0 Å². The molecule has 0 saturated heterocycles. The quantitative estimate of drug-likeness (QED) is 0.907. The molecular formula is C17H19N3O3. The summed E-state index contributed by atoms with van der Waals surface area (Å²) in [6.45, 7) is 0. The Bertz CT molecular complexity index is 686. The van der Waals surface area contributed by atoms with E-state index < -0.39 is 11.5 Å². The molecule has 0 spiro atoms. The Balaban J connectivity index is 1.76. The van der Waals surface area contributed by atoms with Crippen LogP contribution in [0.15, 0.2) is 42.7 Å². The monoisotopic (exact) mass is 313 g/mol. The lowest BCUT2D eigenvalue weighted by molar-refractivity contribution is -0.145. The summed E-state index contributed by atoms with van der Waals surface area (Å²) in [5, 5.41) is 16.4. The first-order chi connectivity index (χ1) is 11.1. The van der Waals surface area contributed by atoms with E-state index in [0.29, 0.717) is 18.4 Å². The average Bonchev–Trinajstić information content (AvgIpc) is 3.10. The van der Waals surface area contributed by atoms with Gasteiger partial charge in [0.25, 0.3) is 5.91 Å². The first kappa shape index (κ1) is 15.3. The van der Waals surface area contributed by atoms with Gasteiger partial charge in [0.05, 0.1) is 5.69 Å². The van der Waals surface area contributed by atoms with Crippen molar-refractivity contribution < 1.29 is 14.7 Å². The standard InChI is InChI=1S/C17H19N3O3/c21-15(19-17(16(22)23)9-2-1-3-10-17)13-5-7-14(8-6-13)20-12-4-11-18-20/h4-8,11-12H,1-3,9-10H2,(H,19,21)(H,22,23). The molecule has 2 aromatic rings. The number of aromatic nitrogens is 2. The third kappa shape index (κ3) is 3.11. The summed E-state index contributed by atoms with van der Waals surface area (Å²) < 4.78 is 1.70. The molecule has 0 atom stereocenters. The summed E-state index contributed by atoms with van der Waals surface area (Å²) in [5.74, 6) is -1.29. The molecule has 1 aliphatic carbocycles. The molecule has 0 unspecified atom stereocenters. The zero-order valence-electron chi connectivity index (χ0n) is 12.7. The van der Waals surface area contributed by atoms with Crippen molar-refractivity contribution in [2.24, 2.45) is 0 Å². The highest BCUT2D eigenvalue weighted by atomic mass is 16.4. The zero-order valence-corrected chi connectivity index (χ0v) is 12.7. The van der Waals surface area contributed by atoms with Gasteiger partial charge in [-0.3, -0.25) is 4.79 Å². The highest BCUT2D eigenvalue weighted by Crippen LogP contribution is 2.29. The minimum atomic E-state index is -1.13. The van der Waals surface area contributed by atoms with Crippen molar-refractivity contribution in [1.29, 1.82) is 0 Å². The molecule has 120 valence electrons. The van der Waals surface area contributed by atoms with Crippen LogP contribution in [0.1, 0.15) is 42.5 Å². The van der Waals surface area contributed by atoms with Crippen LogP contribution < -0.4 is 5.32 Å². The van der Waals surface area contributed by atoms with Gasteiger partial charge in [0.15, 0.2) is 0 Å². The van der Waals surface area contributed by atoms with E-state index in [1.807, 2.05) is 12.3 Å². The molecule has 1 heterocycles. The fourth-order valence-electron chi connectivity index (χ4n) is 3.02. The summed E-state index contributed by atoms with van der Waals surface area (Å²) in [6, 6.07) is 8.77. The Hall–Kier alpha value is -2.63. The van der Waals surface area contributed by atoms with Crippen LogP contribution >= 0.6 is 0 Å². The maximum atomic E-state index is 12.4. The number of amides is 1. The lowest BCUT2D eigenvalue weighted by Gasteiger charge is -2.34. The Labute approximate surface area is 134 Å². The number of carbonyl (C=O) groups is 2. The molecule has 1 aliphatic rings. The van der Waals surface area contributed by atoms with Gasteiger partial charge in [0.1, 0.15) is 5.54 Å². The molecule has 1 aromatic heterocycles. The molecule has 1 aromatic carbocycles. The molecular weight excluding hydrogens is 294 g/mol. The number of hydrogen-bond donors (Lipinski definition) is 2. The van der Waals surface area contributed by atoms with E-state index in [2.05, 4.69) is 10.4 Å². The largest absolute Gasteiger partial charge is 0.480 e. The number of hydrogen-bond acceptors (Lipinski definition) is 3. The summed E-state index contributed by atoms with van der Waals surface area (Å²) >= 11 is 0. The number of aliphatic carboxylic acids is 1. The van der Waals surface area contributed by atoms with Gasteiger partial charge in [-0.05, 0) is 43.2 Å². The average molecular weight is 313 g/mol. The van der Waals surface area contributed by atoms with Crippen LogP contribution in [0, 0.1) is 0 Å². The van der Waals surface area contributed by atoms with Gasteiger partial charge in [-0.2, -0.15) is 5.10 Å². The van der Waals surface area contributed by atoms with Crippen molar-refractivity contribution in [2.75, 3.05) is 0 Å². The number of rotatable bonds is 4. The van der Waals surface area contributed by atoms with Crippen molar-refractivity contribution >= 4 is 11.9 Å². The van der Waals surface area contributed by atoms with E-state index in [1.165, 1.54) is 0 Å².